The number of nitrogens with two attached hydrogens (primary N) is 1. The van der Waals surface area contributed by atoms with E-state index in [9.17, 15) is 4.79 Å². The highest BCUT2D eigenvalue weighted by molar-refractivity contribution is 5.98. The summed E-state index contributed by atoms with van der Waals surface area (Å²) in [5, 5.41) is 11.8. The molecule has 0 bridgehead atoms. The van der Waals surface area contributed by atoms with Crippen LogP contribution in [-0.2, 0) is 9.53 Å². The lowest BCUT2D eigenvalue weighted by molar-refractivity contribution is -0.143. The van der Waals surface area contributed by atoms with Gasteiger partial charge in [-0.2, -0.15) is 0 Å². The van der Waals surface area contributed by atoms with E-state index in [0.29, 0.717) is 23.5 Å². The SMILES string of the molecule is CCOC(=O)CC(c1ccc(O[C@H]2CCNC2)cc1)c1cc2cc(C(=N)N)ccc2o1.Cl.Cl. The third-order valence-electron chi connectivity index (χ3n) is 5.47. The van der Waals surface area contributed by atoms with Crippen molar-refractivity contribution in [2.75, 3.05) is 19.7 Å². The van der Waals surface area contributed by atoms with E-state index < -0.39 is 0 Å². The highest BCUT2D eigenvalue weighted by Crippen LogP contribution is 2.34. The van der Waals surface area contributed by atoms with E-state index >= 15 is 0 Å². The van der Waals surface area contributed by atoms with Gasteiger partial charge in [-0.3, -0.25) is 10.2 Å². The van der Waals surface area contributed by atoms with Crippen molar-refractivity contribution in [2.24, 2.45) is 5.73 Å². The number of carbonyl (C=O) groups excluding carboxylic acids is 1. The number of halogens is 2. The summed E-state index contributed by atoms with van der Waals surface area (Å²) in [6, 6.07) is 15.1. The molecule has 178 valence electrons. The summed E-state index contributed by atoms with van der Waals surface area (Å²) < 4.78 is 17.3. The number of amidine groups is 1. The lowest BCUT2D eigenvalue weighted by Gasteiger charge is -2.16. The van der Waals surface area contributed by atoms with Crippen LogP contribution in [0.3, 0.4) is 0 Å². The van der Waals surface area contributed by atoms with Crippen LogP contribution in [0.2, 0.25) is 0 Å². The number of nitrogen functional groups attached to an aromatic ring is 1. The maximum absolute atomic E-state index is 12.3. The fourth-order valence-electron chi connectivity index (χ4n) is 3.87. The summed E-state index contributed by atoms with van der Waals surface area (Å²) in [6.45, 7) is 3.95. The van der Waals surface area contributed by atoms with E-state index in [1.54, 1.807) is 19.1 Å². The Bertz CT molecular complexity index is 1080. The molecule has 1 unspecified atom stereocenters. The normalized spacial score (nSPS) is 15.8. The van der Waals surface area contributed by atoms with Crippen molar-refractivity contribution in [1.29, 1.82) is 5.41 Å². The number of furan rings is 1. The van der Waals surface area contributed by atoms with Gasteiger partial charge in [0.15, 0.2) is 0 Å². The Morgan fingerprint density at radius 1 is 1.21 bits per heavy atom. The quantitative estimate of drug-likeness (QED) is 0.244. The Hall–Kier alpha value is -2.74. The molecular weight excluding hydrogens is 465 g/mol. The molecule has 9 heteroatoms. The molecule has 0 aliphatic carbocycles. The smallest absolute Gasteiger partial charge is 0.306 e. The van der Waals surface area contributed by atoms with E-state index in [-0.39, 0.29) is 55.1 Å². The molecule has 1 aliphatic heterocycles. The second-order valence-corrected chi connectivity index (χ2v) is 7.68. The molecule has 0 saturated carbocycles. The van der Waals surface area contributed by atoms with Gasteiger partial charge in [-0.1, -0.05) is 12.1 Å². The molecule has 0 spiro atoms. The largest absolute Gasteiger partial charge is 0.489 e. The third kappa shape index (κ3) is 6.41. The average molecular weight is 494 g/mol. The Balaban J connectivity index is 0.00000193. The lowest BCUT2D eigenvalue weighted by Crippen LogP contribution is -2.19. The summed E-state index contributed by atoms with van der Waals surface area (Å²) in [5.41, 5.74) is 7.86. The number of fused-ring (bicyclic) bond motifs is 1. The first kappa shape index (κ1) is 26.5. The fourth-order valence-corrected chi connectivity index (χ4v) is 3.87. The van der Waals surface area contributed by atoms with E-state index in [2.05, 4.69) is 5.32 Å². The molecule has 1 fully saturated rings. The third-order valence-corrected chi connectivity index (χ3v) is 5.47. The first-order chi connectivity index (χ1) is 15.0. The summed E-state index contributed by atoms with van der Waals surface area (Å²) in [5.74, 6) is 0.894. The molecule has 2 atom stereocenters. The van der Waals surface area contributed by atoms with Crippen molar-refractivity contribution in [3.8, 4) is 5.75 Å². The molecule has 0 amide bonds. The minimum atomic E-state index is -0.297. The Labute approximate surface area is 205 Å². The van der Waals surface area contributed by atoms with Gasteiger partial charge in [-0.15, -0.1) is 24.8 Å². The van der Waals surface area contributed by atoms with Gasteiger partial charge in [-0.05, 0) is 61.9 Å². The summed E-state index contributed by atoms with van der Waals surface area (Å²) >= 11 is 0. The Morgan fingerprint density at radius 2 is 1.97 bits per heavy atom. The van der Waals surface area contributed by atoms with E-state index in [4.69, 9.17) is 25.0 Å². The fraction of sp³-hybridized carbons (Fsp3) is 0.333. The van der Waals surface area contributed by atoms with Gasteiger partial charge < -0.3 is 24.9 Å². The van der Waals surface area contributed by atoms with Crippen LogP contribution in [0.25, 0.3) is 11.0 Å². The first-order valence-electron chi connectivity index (χ1n) is 10.5. The number of nitrogens with one attached hydrogen (secondary N) is 2. The van der Waals surface area contributed by atoms with Crippen LogP contribution in [0.4, 0.5) is 0 Å². The molecule has 0 radical (unpaired) electrons. The Morgan fingerprint density at radius 3 is 2.61 bits per heavy atom. The van der Waals surface area contributed by atoms with Crippen LogP contribution in [0, 0.1) is 5.41 Å². The van der Waals surface area contributed by atoms with Crippen LogP contribution in [0.5, 0.6) is 5.75 Å². The van der Waals surface area contributed by atoms with Crippen LogP contribution < -0.4 is 15.8 Å². The summed E-state index contributed by atoms with van der Waals surface area (Å²) in [4.78, 5) is 12.3. The standard InChI is InChI=1S/C24H27N3O4.2ClH/c1-2-29-23(28)13-20(15-3-6-18(7-4-15)30-19-9-10-27-14-19)22-12-17-11-16(24(25)26)5-8-21(17)31-22;;/h3-8,11-12,19-20,27H,2,9-10,13-14H2,1H3,(H3,25,26);2*1H/t19-,20?;;/m0../s1. The van der Waals surface area contributed by atoms with Crippen molar-refractivity contribution in [3.63, 3.8) is 0 Å². The van der Waals surface area contributed by atoms with Gasteiger partial charge >= 0.3 is 5.97 Å². The van der Waals surface area contributed by atoms with Gasteiger partial charge in [0.25, 0.3) is 0 Å². The number of esters is 1. The molecule has 4 rings (SSSR count). The highest BCUT2D eigenvalue weighted by Gasteiger charge is 2.24. The molecular formula is C24H29Cl2N3O4. The minimum Gasteiger partial charge on any atom is -0.489 e. The number of rotatable bonds is 8. The van der Waals surface area contributed by atoms with E-state index in [1.165, 1.54) is 0 Å². The molecule has 2 aromatic carbocycles. The predicted molar refractivity (Wildman–Crippen MR) is 133 cm³/mol. The average Bonchev–Trinajstić information content (AvgIpc) is 3.42. The molecule has 7 nitrogen and oxygen atoms in total. The van der Waals surface area contributed by atoms with Gasteiger partial charge in [0.1, 0.15) is 29.0 Å². The second kappa shape index (κ2) is 11.9. The van der Waals surface area contributed by atoms with Crippen LogP contribution in [0.1, 0.15) is 42.6 Å². The van der Waals surface area contributed by atoms with Crippen molar-refractivity contribution in [1.82, 2.24) is 5.32 Å². The number of hydrogen-bond acceptors (Lipinski definition) is 6. The lowest BCUT2D eigenvalue weighted by atomic mass is 9.93. The van der Waals surface area contributed by atoms with Gasteiger partial charge in [0.2, 0.25) is 0 Å². The second-order valence-electron chi connectivity index (χ2n) is 7.68. The number of ether oxygens (including phenoxy) is 2. The van der Waals surface area contributed by atoms with Crippen LogP contribution >= 0.6 is 24.8 Å². The van der Waals surface area contributed by atoms with Gasteiger partial charge in [0, 0.05) is 17.5 Å². The minimum absolute atomic E-state index is 0. The monoisotopic (exact) mass is 493 g/mol. The van der Waals surface area contributed by atoms with Gasteiger partial charge in [-0.25, -0.2) is 0 Å². The first-order valence-corrected chi connectivity index (χ1v) is 10.5. The van der Waals surface area contributed by atoms with Crippen molar-refractivity contribution < 1.29 is 18.7 Å². The molecule has 3 aromatic rings. The molecule has 33 heavy (non-hydrogen) atoms. The molecule has 1 aliphatic rings. The van der Waals surface area contributed by atoms with Crippen molar-refractivity contribution in [3.05, 3.63) is 65.4 Å². The van der Waals surface area contributed by atoms with Crippen molar-refractivity contribution in [2.45, 2.75) is 31.8 Å². The number of hydrogen-bond donors (Lipinski definition) is 3. The maximum atomic E-state index is 12.3. The van der Waals surface area contributed by atoms with Crippen molar-refractivity contribution >= 4 is 47.6 Å². The van der Waals surface area contributed by atoms with Crippen LogP contribution in [0.15, 0.2) is 52.9 Å². The maximum Gasteiger partial charge on any atom is 0.306 e. The van der Waals surface area contributed by atoms with E-state index in [0.717, 1.165) is 36.2 Å². The highest BCUT2D eigenvalue weighted by atomic mass is 35.5. The number of carbonyl (C=O) groups is 1. The van der Waals surface area contributed by atoms with Gasteiger partial charge in [0.05, 0.1) is 18.9 Å². The summed E-state index contributed by atoms with van der Waals surface area (Å²) in [7, 11) is 0. The van der Waals surface area contributed by atoms with E-state index in [1.807, 2.05) is 36.4 Å². The predicted octanol–water partition coefficient (Wildman–Crippen LogP) is 4.39. The molecule has 1 aromatic heterocycles. The zero-order chi connectivity index (χ0) is 21.8. The Kier molecular flexibility index (Phi) is 9.58. The zero-order valence-corrected chi connectivity index (χ0v) is 20.0. The molecule has 1 saturated heterocycles. The van der Waals surface area contributed by atoms with Crippen LogP contribution in [-0.4, -0.2) is 37.6 Å². The molecule has 2 heterocycles. The zero-order valence-electron chi connectivity index (χ0n) is 18.3. The molecule has 4 N–H and O–H groups in total. The number of benzene rings is 2. The summed E-state index contributed by atoms with van der Waals surface area (Å²) in [6.07, 6.45) is 1.35. The topological polar surface area (TPSA) is 111 Å².